The molecule has 0 aliphatic carbocycles. The first kappa shape index (κ1) is 17.1. The normalized spacial score (nSPS) is 17.0. The van der Waals surface area contributed by atoms with E-state index < -0.39 is 10.0 Å². The molecule has 0 radical (unpaired) electrons. The van der Waals surface area contributed by atoms with Crippen LogP contribution < -0.4 is 4.90 Å². The number of nitrogens with zero attached hydrogens (tertiary/aromatic N) is 1. The predicted molar refractivity (Wildman–Crippen MR) is 95.5 cm³/mol. The molecule has 5 heteroatoms. The molecule has 1 heterocycles. The fourth-order valence-electron chi connectivity index (χ4n) is 3.22. The Morgan fingerprint density at radius 2 is 1.46 bits per heavy atom. The summed E-state index contributed by atoms with van der Waals surface area (Å²) < 4.78 is 26.8. The lowest BCUT2D eigenvalue weighted by Gasteiger charge is -2.31. The average molecular weight is 345 g/mol. The standard InChI is InChI=1S/C19H24N2O2S/c22-24(23,19-11-5-2-6-12-19)21-16-14-20(15-17-21)13-7-10-18-8-3-1-4-9-18/h1-6,8-9,11-12H,7,10,13-17H2/p+1. The van der Waals surface area contributed by atoms with Gasteiger partial charge in [-0.3, -0.25) is 0 Å². The number of rotatable bonds is 6. The first-order valence-electron chi connectivity index (χ1n) is 8.59. The minimum atomic E-state index is -3.33. The lowest BCUT2D eigenvalue weighted by atomic mass is 10.1. The maximum atomic E-state index is 12.6. The number of nitrogens with one attached hydrogen (secondary N) is 1. The minimum absolute atomic E-state index is 0.400. The Kier molecular flexibility index (Phi) is 5.66. The Morgan fingerprint density at radius 1 is 0.875 bits per heavy atom. The highest BCUT2D eigenvalue weighted by molar-refractivity contribution is 7.89. The number of benzene rings is 2. The van der Waals surface area contributed by atoms with Gasteiger partial charge in [0.2, 0.25) is 10.0 Å². The van der Waals surface area contributed by atoms with Crippen molar-refractivity contribution in [2.24, 2.45) is 0 Å². The molecule has 0 aromatic heterocycles. The van der Waals surface area contributed by atoms with Crippen molar-refractivity contribution in [2.45, 2.75) is 17.7 Å². The molecule has 2 aromatic carbocycles. The second kappa shape index (κ2) is 7.92. The summed E-state index contributed by atoms with van der Waals surface area (Å²) in [5.74, 6) is 0. The first-order valence-corrected chi connectivity index (χ1v) is 10.0. The third-order valence-corrected chi connectivity index (χ3v) is 6.56. The topological polar surface area (TPSA) is 41.8 Å². The number of hydrogen-bond acceptors (Lipinski definition) is 2. The minimum Gasteiger partial charge on any atom is -0.333 e. The lowest BCUT2D eigenvalue weighted by molar-refractivity contribution is -0.903. The van der Waals surface area contributed by atoms with Crippen LogP contribution in [-0.2, 0) is 16.4 Å². The summed E-state index contributed by atoms with van der Waals surface area (Å²) in [4.78, 5) is 1.91. The highest BCUT2D eigenvalue weighted by Gasteiger charge is 2.29. The second-order valence-corrected chi connectivity index (χ2v) is 8.24. The largest absolute Gasteiger partial charge is 0.333 e. The van der Waals surface area contributed by atoms with Gasteiger partial charge in [0.1, 0.15) is 0 Å². The van der Waals surface area contributed by atoms with Gasteiger partial charge in [0, 0.05) is 6.42 Å². The van der Waals surface area contributed by atoms with Crippen molar-refractivity contribution in [3.8, 4) is 0 Å². The molecule has 1 aliphatic heterocycles. The smallest absolute Gasteiger partial charge is 0.243 e. The maximum absolute atomic E-state index is 12.6. The molecular weight excluding hydrogens is 320 g/mol. The van der Waals surface area contributed by atoms with Gasteiger partial charge in [0.15, 0.2) is 0 Å². The van der Waals surface area contributed by atoms with E-state index in [0.717, 1.165) is 32.5 Å². The van der Waals surface area contributed by atoms with Crippen molar-refractivity contribution < 1.29 is 13.3 Å². The van der Waals surface area contributed by atoms with Crippen molar-refractivity contribution >= 4 is 10.0 Å². The summed E-state index contributed by atoms with van der Waals surface area (Å²) in [7, 11) is -3.33. The van der Waals surface area contributed by atoms with Crippen LogP contribution in [0.3, 0.4) is 0 Å². The van der Waals surface area contributed by atoms with Crippen LogP contribution in [0, 0.1) is 0 Å². The maximum Gasteiger partial charge on any atom is 0.243 e. The highest BCUT2D eigenvalue weighted by atomic mass is 32.2. The molecule has 0 unspecified atom stereocenters. The molecule has 1 aliphatic rings. The van der Waals surface area contributed by atoms with E-state index >= 15 is 0 Å². The quantitative estimate of drug-likeness (QED) is 0.855. The zero-order chi connectivity index (χ0) is 16.8. The van der Waals surface area contributed by atoms with Crippen molar-refractivity contribution in [1.82, 2.24) is 4.31 Å². The number of quaternary nitrogens is 1. The molecule has 1 fully saturated rings. The Bertz CT molecular complexity index is 724. The Morgan fingerprint density at radius 3 is 2.08 bits per heavy atom. The summed E-state index contributed by atoms with van der Waals surface area (Å²) in [6.45, 7) is 4.10. The van der Waals surface area contributed by atoms with Gasteiger partial charge in [-0.1, -0.05) is 48.5 Å². The van der Waals surface area contributed by atoms with Crippen LogP contribution in [0.15, 0.2) is 65.6 Å². The zero-order valence-corrected chi connectivity index (χ0v) is 14.7. The fraction of sp³-hybridized carbons (Fsp3) is 0.368. The van der Waals surface area contributed by atoms with Crippen LogP contribution in [0.4, 0.5) is 0 Å². The number of piperazine rings is 1. The van der Waals surface area contributed by atoms with Crippen LogP contribution in [0.1, 0.15) is 12.0 Å². The van der Waals surface area contributed by atoms with Gasteiger partial charge in [-0.25, -0.2) is 8.42 Å². The number of hydrogen-bond donors (Lipinski definition) is 1. The van der Waals surface area contributed by atoms with Gasteiger partial charge < -0.3 is 4.90 Å². The molecule has 0 amide bonds. The van der Waals surface area contributed by atoms with Crippen molar-refractivity contribution in [1.29, 1.82) is 0 Å². The number of aryl methyl sites for hydroxylation is 1. The molecule has 4 nitrogen and oxygen atoms in total. The van der Waals surface area contributed by atoms with E-state index in [-0.39, 0.29) is 0 Å². The Labute approximate surface area is 144 Å². The van der Waals surface area contributed by atoms with Crippen LogP contribution in [-0.4, -0.2) is 45.4 Å². The SMILES string of the molecule is O=S(=O)(c1ccccc1)N1CC[NH+](CCCc2ccccc2)CC1. The molecule has 0 bridgehead atoms. The molecule has 1 N–H and O–H groups in total. The molecule has 128 valence electrons. The average Bonchev–Trinajstić information content (AvgIpc) is 2.64. The van der Waals surface area contributed by atoms with Crippen molar-refractivity contribution in [3.63, 3.8) is 0 Å². The van der Waals surface area contributed by atoms with Crippen LogP contribution in [0.25, 0.3) is 0 Å². The summed E-state index contributed by atoms with van der Waals surface area (Å²) in [5, 5.41) is 0. The summed E-state index contributed by atoms with van der Waals surface area (Å²) in [6.07, 6.45) is 2.24. The fourth-order valence-corrected chi connectivity index (χ4v) is 4.68. The van der Waals surface area contributed by atoms with Gasteiger partial charge in [-0.05, 0) is 24.1 Å². The van der Waals surface area contributed by atoms with E-state index in [1.54, 1.807) is 28.6 Å². The monoisotopic (exact) mass is 345 g/mol. The molecule has 3 rings (SSSR count). The Balaban J connectivity index is 1.47. The summed E-state index contributed by atoms with van der Waals surface area (Å²) in [5.41, 5.74) is 1.38. The van der Waals surface area contributed by atoms with Gasteiger partial charge in [0.05, 0.1) is 37.6 Å². The van der Waals surface area contributed by atoms with Gasteiger partial charge >= 0.3 is 0 Å². The highest BCUT2D eigenvalue weighted by Crippen LogP contribution is 2.14. The summed E-state index contributed by atoms with van der Waals surface area (Å²) >= 11 is 0. The van der Waals surface area contributed by atoms with Gasteiger partial charge in [0.25, 0.3) is 0 Å². The molecule has 24 heavy (non-hydrogen) atoms. The molecule has 1 saturated heterocycles. The zero-order valence-electron chi connectivity index (χ0n) is 13.9. The Hall–Kier alpha value is -1.69. The van der Waals surface area contributed by atoms with Gasteiger partial charge in [-0.15, -0.1) is 0 Å². The van der Waals surface area contributed by atoms with E-state index in [9.17, 15) is 8.42 Å². The van der Waals surface area contributed by atoms with Crippen LogP contribution in [0.2, 0.25) is 0 Å². The molecule has 0 saturated carbocycles. The van der Waals surface area contributed by atoms with E-state index in [4.69, 9.17) is 0 Å². The molecular formula is C19H25N2O2S+. The molecule has 0 spiro atoms. The van der Waals surface area contributed by atoms with E-state index in [1.165, 1.54) is 10.5 Å². The molecule has 2 aromatic rings. The van der Waals surface area contributed by atoms with E-state index in [0.29, 0.717) is 18.0 Å². The second-order valence-electron chi connectivity index (χ2n) is 6.31. The van der Waals surface area contributed by atoms with Crippen molar-refractivity contribution in [2.75, 3.05) is 32.7 Å². The van der Waals surface area contributed by atoms with Gasteiger partial charge in [-0.2, -0.15) is 4.31 Å². The predicted octanol–water partition coefficient (Wildman–Crippen LogP) is 1.21. The first-order chi connectivity index (χ1) is 11.7. The third-order valence-electron chi connectivity index (χ3n) is 4.65. The van der Waals surface area contributed by atoms with Crippen LogP contribution in [0.5, 0.6) is 0 Å². The van der Waals surface area contributed by atoms with Crippen LogP contribution >= 0.6 is 0 Å². The number of sulfonamides is 1. The van der Waals surface area contributed by atoms with E-state index in [2.05, 4.69) is 24.3 Å². The molecule has 0 atom stereocenters. The van der Waals surface area contributed by atoms with E-state index in [1.807, 2.05) is 12.1 Å². The third kappa shape index (κ3) is 4.23. The summed E-state index contributed by atoms with van der Waals surface area (Å²) in [6, 6.07) is 19.3. The van der Waals surface area contributed by atoms with Crippen molar-refractivity contribution in [3.05, 3.63) is 66.2 Å². The lowest BCUT2D eigenvalue weighted by Crippen LogP contribution is -3.14.